The molecular formula is C11H17NO. The molecule has 72 valence electrons. The van der Waals surface area contributed by atoms with E-state index in [0.717, 1.165) is 17.6 Å². The molecule has 0 amide bonds. The maximum atomic E-state index is 11.6. The lowest BCUT2D eigenvalue weighted by Gasteiger charge is -2.28. The molecule has 0 spiro atoms. The summed E-state index contributed by atoms with van der Waals surface area (Å²) in [7, 11) is 1.85. The minimum Gasteiger partial charge on any atom is -0.316 e. The van der Waals surface area contributed by atoms with Crippen molar-refractivity contribution in [3.8, 4) is 0 Å². The number of hydrogen-bond donors (Lipinski definition) is 1. The van der Waals surface area contributed by atoms with Crippen LogP contribution in [-0.2, 0) is 4.79 Å². The van der Waals surface area contributed by atoms with E-state index in [1.165, 1.54) is 0 Å². The molecule has 0 saturated carbocycles. The van der Waals surface area contributed by atoms with Crippen LogP contribution in [0.1, 0.15) is 20.3 Å². The van der Waals surface area contributed by atoms with Crippen LogP contribution in [0.4, 0.5) is 0 Å². The Labute approximate surface area is 79.7 Å². The highest BCUT2D eigenvalue weighted by atomic mass is 16.1. The molecule has 2 heteroatoms. The van der Waals surface area contributed by atoms with E-state index in [2.05, 4.69) is 31.8 Å². The summed E-state index contributed by atoms with van der Waals surface area (Å²) in [5.41, 5.74) is 1.67. The molecule has 1 aliphatic rings. The first-order chi connectivity index (χ1) is 5.96. The molecule has 2 nitrogen and oxygen atoms in total. The molecule has 0 atom stereocenters. The number of carbonyl (C=O) groups is 1. The van der Waals surface area contributed by atoms with Crippen molar-refractivity contribution in [3.63, 3.8) is 0 Å². The Kier molecular flexibility index (Phi) is 2.71. The first kappa shape index (κ1) is 10.2. The van der Waals surface area contributed by atoms with E-state index in [1.807, 2.05) is 7.05 Å². The standard InChI is InChI=1S/C11H17NO/c1-8-5-11(2,3)6-9(7-12-4)10(8)13/h6,12H,1,5,7H2,2-4H3. The molecule has 0 fully saturated rings. The van der Waals surface area contributed by atoms with Gasteiger partial charge in [-0.05, 0) is 24.5 Å². The average Bonchev–Trinajstić information content (AvgIpc) is 1.99. The molecular weight excluding hydrogens is 162 g/mol. The lowest BCUT2D eigenvalue weighted by atomic mass is 9.77. The van der Waals surface area contributed by atoms with Crippen molar-refractivity contribution in [1.82, 2.24) is 5.32 Å². The molecule has 0 unspecified atom stereocenters. The molecule has 0 aliphatic heterocycles. The van der Waals surface area contributed by atoms with E-state index in [4.69, 9.17) is 0 Å². The van der Waals surface area contributed by atoms with Gasteiger partial charge in [0.05, 0.1) is 0 Å². The van der Waals surface area contributed by atoms with Crippen molar-refractivity contribution in [2.75, 3.05) is 13.6 Å². The normalized spacial score (nSPS) is 21.6. The minimum absolute atomic E-state index is 0.0805. The van der Waals surface area contributed by atoms with Gasteiger partial charge < -0.3 is 5.32 Å². The van der Waals surface area contributed by atoms with Crippen LogP contribution in [0.2, 0.25) is 0 Å². The third-order valence-electron chi connectivity index (χ3n) is 2.21. The van der Waals surface area contributed by atoms with Crippen LogP contribution in [0.25, 0.3) is 0 Å². The van der Waals surface area contributed by atoms with E-state index in [0.29, 0.717) is 6.54 Å². The molecule has 0 aromatic carbocycles. The van der Waals surface area contributed by atoms with Crippen molar-refractivity contribution < 1.29 is 4.79 Å². The third-order valence-corrected chi connectivity index (χ3v) is 2.21. The van der Waals surface area contributed by atoms with Crippen LogP contribution in [0.5, 0.6) is 0 Å². The zero-order valence-electron chi connectivity index (χ0n) is 8.61. The Morgan fingerprint density at radius 3 is 2.77 bits per heavy atom. The van der Waals surface area contributed by atoms with Crippen LogP contribution in [0.3, 0.4) is 0 Å². The van der Waals surface area contributed by atoms with Gasteiger partial charge >= 0.3 is 0 Å². The van der Waals surface area contributed by atoms with Crippen LogP contribution in [0.15, 0.2) is 23.8 Å². The highest BCUT2D eigenvalue weighted by molar-refractivity contribution is 6.09. The molecule has 0 heterocycles. The zero-order chi connectivity index (χ0) is 10.1. The number of Topliss-reactive ketones (excluding diaryl/α,β-unsaturated/α-hetero) is 1. The third kappa shape index (κ3) is 2.28. The summed E-state index contributed by atoms with van der Waals surface area (Å²) in [6.07, 6.45) is 2.83. The van der Waals surface area contributed by atoms with Crippen LogP contribution in [-0.4, -0.2) is 19.4 Å². The first-order valence-electron chi connectivity index (χ1n) is 4.55. The molecule has 0 aromatic rings. The fourth-order valence-corrected chi connectivity index (χ4v) is 1.77. The van der Waals surface area contributed by atoms with Crippen LogP contribution in [0, 0.1) is 5.41 Å². The largest absolute Gasteiger partial charge is 0.316 e. The van der Waals surface area contributed by atoms with E-state index < -0.39 is 0 Å². The molecule has 13 heavy (non-hydrogen) atoms. The lowest BCUT2D eigenvalue weighted by molar-refractivity contribution is -0.113. The molecule has 0 radical (unpaired) electrons. The van der Waals surface area contributed by atoms with E-state index in [-0.39, 0.29) is 11.2 Å². The SMILES string of the molecule is C=C1CC(C)(C)C=C(CNC)C1=O. The maximum Gasteiger partial charge on any atom is 0.185 e. The van der Waals surface area contributed by atoms with E-state index >= 15 is 0 Å². The predicted octanol–water partition coefficient (Wildman–Crippen LogP) is 1.69. The second kappa shape index (κ2) is 3.46. The molecule has 1 N–H and O–H groups in total. The monoisotopic (exact) mass is 179 g/mol. The van der Waals surface area contributed by atoms with Crippen molar-refractivity contribution >= 4 is 5.78 Å². The van der Waals surface area contributed by atoms with Gasteiger partial charge in [-0.2, -0.15) is 0 Å². The number of likely N-dealkylation sites (N-methyl/N-ethyl adjacent to an activating group) is 1. The van der Waals surface area contributed by atoms with Gasteiger partial charge in [0.2, 0.25) is 0 Å². The molecule has 0 bridgehead atoms. The van der Waals surface area contributed by atoms with Crippen molar-refractivity contribution in [2.24, 2.45) is 5.41 Å². The Morgan fingerprint density at radius 1 is 1.62 bits per heavy atom. The van der Waals surface area contributed by atoms with Crippen molar-refractivity contribution in [1.29, 1.82) is 0 Å². The summed E-state index contributed by atoms with van der Waals surface area (Å²) in [4.78, 5) is 11.6. The number of nitrogens with one attached hydrogen (secondary N) is 1. The highest BCUT2D eigenvalue weighted by Gasteiger charge is 2.27. The Bertz CT molecular complexity index is 274. The van der Waals surface area contributed by atoms with Gasteiger partial charge in [0.1, 0.15) is 0 Å². The Hall–Kier alpha value is -0.890. The summed E-state index contributed by atoms with van der Waals surface area (Å²) >= 11 is 0. The summed E-state index contributed by atoms with van der Waals surface area (Å²) in [6, 6.07) is 0. The topological polar surface area (TPSA) is 29.1 Å². The quantitative estimate of drug-likeness (QED) is 0.653. The van der Waals surface area contributed by atoms with Gasteiger partial charge in [-0.25, -0.2) is 0 Å². The zero-order valence-corrected chi connectivity index (χ0v) is 8.61. The number of ketones is 1. The molecule has 1 rings (SSSR count). The number of hydrogen-bond acceptors (Lipinski definition) is 2. The summed E-state index contributed by atoms with van der Waals surface area (Å²) < 4.78 is 0. The highest BCUT2D eigenvalue weighted by Crippen LogP contribution is 2.33. The van der Waals surface area contributed by atoms with Crippen molar-refractivity contribution in [3.05, 3.63) is 23.8 Å². The van der Waals surface area contributed by atoms with Gasteiger partial charge in [-0.1, -0.05) is 26.5 Å². The maximum absolute atomic E-state index is 11.6. The second-order valence-electron chi connectivity index (χ2n) is 4.30. The summed E-state index contributed by atoms with van der Waals surface area (Å²) in [6.45, 7) is 8.70. The van der Waals surface area contributed by atoms with Gasteiger partial charge in [-0.3, -0.25) is 4.79 Å². The average molecular weight is 179 g/mol. The van der Waals surface area contributed by atoms with Crippen LogP contribution >= 0.6 is 0 Å². The molecule has 0 saturated heterocycles. The fourth-order valence-electron chi connectivity index (χ4n) is 1.77. The smallest absolute Gasteiger partial charge is 0.185 e. The van der Waals surface area contributed by atoms with Gasteiger partial charge in [-0.15, -0.1) is 0 Å². The van der Waals surface area contributed by atoms with Gasteiger partial charge in [0.15, 0.2) is 5.78 Å². The first-order valence-corrected chi connectivity index (χ1v) is 4.55. The Balaban J connectivity index is 2.95. The van der Waals surface area contributed by atoms with E-state index in [9.17, 15) is 4.79 Å². The predicted molar refractivity (Wildman–Crippen MR) is 54.6 cm³/mol. The minimum atomic E-state index is 0.0805. The Morgan fingerprint density at radius 2 is 2.23 bits per heavy atom. The number of rotatable bonds is 2. The summed E-state index contributed by atoms with van der Waals surface area (Å²) in [5.74, 6) is 0.119. The van der Waals surface area contributed by atoms with Gasteiger partial charge in [0.25, 0.3) is 0 Å². The number of carbonyl (C=O) groups excluding carboxylic acids is 1. The van der Waals surface area contributed by atoms with Gasteiger partial charge in [0, 0.05) is 12.1 Å². The van der Waals surface area contributed by atoms with Crippen LogP contribution < -0.4 is 5.32 Å². The van der Waals surface area contributed by atoms with Crippen molar-refractivity contribution in [2.45, 2.75) is 20.3 Å². The molecule has 1 aliphatic carbocycles. The second-order valence-corrected chi connectivity index (χ2v) is 4.30. The lowest BCUT2D eigenvalue weighted by Crippen LogP contribution is -2.27. The summed E-state index contributed by atoms with van der Waals surface area (Å²) in [5, 5.41) is 3.00. The molecule has 0 aromatic heterocycles. The number of allylic oxidation sites excluding steroid dienone is 2. The van der Waals surface area contributed by atoms with E-state index in [1.54, 1.807) is 0 Å². The fraction of sp³-hybridized carbons (Fsp3) is 0.545.